The molecule has 0 bridgehead atoms. The minimum Gasteiger partial charge on any atom is -0.340 e. The van der Waals surface area contributed by atoms with E-state index in [-0.39, 0.29) is 10.7 Å². The Morgan fingerprint density at radius 1 is 0.964 bits per heavy atom. The van der Waals surface area contributed by atoms with Crippen molar-refractivity contribution in [2.75, 3.05) is 10.0 Å². The molecule has 1 aromatic heterocycles. The van der Waals surface area contributed by atoms with Crippen molar-refractivity contribution < 1.29 is 13.2 Å². The predicted octanol–water partition coefficient (Wildman–Crippen LogP) is 4.45. The molecule has 0 aliphatic heterocycles. The van der Waals surface area contributed by atoms with Gasteiger partial charge in [0.1, 0.15) is 5.82 Å². The highest BCUT2D eigenvalue weighted by atomic mass is 32.2. The summed E-state index contributed by atoms with van der Waals surface area (Å²) in [5.41, 5.74) is 3.24. The minimum atomic E-state index is -3.70. The Labute approximate surface area is 164 Å². The summed E-state index contributed by atoms with van der Waals surface area (Å²) in [6, 6.07) is 15.7. The number of carbonyl (C=O) groups excluding carboxylic acids is 1. The number of nitrogens with one attached hydrogen (secondary N) is 2. The highest BCUT2D eigenvalue weighted by Crippen LogP contribution is 2.22. The van der Waals surface area contributed by atoms with Crippen LogP contribution in [-0.4, -0.2) is 19.2 Å². The number of benzene rings is 2. The molecule has 0 unspecified atom stereocenters. The van der Waals surface area contributed by atoms with Crippen molar-refractivity contribution in [2.45, 2.75) is 25.7 Å². The van der Waals surface area contributed by atoms with E-state index in [9.17, 15) is 13.2 Å². The quantitative estimate of drug-likeness (QED) is 0.602. The second-order valence-electron chi connectivity index (χ2n) is 6.57. The number of rotatable bonds is 6. The van der Waals surface area contributed by atoms with Gasteiger partial charge in [-0.05, 0) is 62.2 Å². The van der Waals surface area contributed by atoms with Crippen LogP contribution in [0.3, 0.4) is 0 Å². The first-order valence-electron chi connectivity index (χ1n) is 8.69. The van der Waals surface area contributed by atoms with Crippen molar-refractivity contribution >= 4 is 33.0 Å². The summed E-state index contributed by atoms with van der Waals surface area (Å²) in [4.78, 5) is 16.0. The van der Waals surface area contributed by atoms with Gasteiger partial charge in [0.2, 0.25) is 0 Å². The fraction of sp³-hybridized carbons (Fsp3) is 0.143. The van der Waals surface area contributed by atoms with Crippen LogP contribution in [0.25, 0.3) is 0 Å². The number of hydrogen-bond acceptors (Lipinski definition) is 5. The number of nitrogens with zero attached hydrogens (tertiary/aromatic N) is 1. The van der Waals surface area contributed by atoms with Gasteiger partial charge >= 0.3 is 0 Å². The number of pyridine rings is 1. The van der Waals surface area contributed by atoms with Gasteiger partial charge in [-0.3, -0.25) is 9.52 Å². The zero-order valence-electron chi connectivity index (χ0n) is 15.9. The number of aryl methyl sites for hydroxylation is 2. The maximum Gasteiger partial charge on any atom is 0.262 e. The first kappa shape index (κ1) is 19.6. The van der Waals surface area contributed by atoms with Gasteiger partial charge in [0, 0.05) is 11.3 Å². The zero-order chi connectivity index (χ0) is 20.3. The number of ketones is 1. The van der Waals surface area contributed by atoms with Crippen molar-refractivity contribution in [1.82, 2.24) is 4.98 Å². The number of Topliss-reactive ketones (excluding diaryl/α,β-unsaturated/α-hetero) is 1. The van der Waals surface area contributed by atoms with Gasteiger partial charge in [-0.25, -0.2) is 13.4 Å². The molecule has 1 heterocycles. The predicted molar refractivity (Wildman–Crippen MR) is 111 cm³/mol. The van der Waals surface area contributed by atoms with E-state index >= 15 is 0 Å². The minimum absolute atomic E-state index is 0.0206. The largest absolute Gasteiger partial charge is 0.340 e. The lowest BCUT2D eigenvalue weighted by Gasteiger charge is -2.12. The molecule has 0 saturated heterocycles. The van der Waals surface area contributed by atoms with E-state index in [1.807, 2.05) is 19.1 Å². The van der Waals surface area contributed by atoms with Gasteiger partial charge in [0.15, 0.2) is 5.78 Å². The van der Waals surface area contributed by atoms with Crippen LogP contribution in [0.2, 0.25) is 0 Å². The maximum absolute atomic E-state index is 12.7. The van der Waals surface area contributed by atoms with Gasteiger partial charge in [-0.15, -0.1) is 0 Å². The van der Waals surface area contributed by atoms with Crippen molar-refractivity contribution in [1.29, 1.82) is 0 Å². The summed E-state index contributed by atoms with van der Waals surface area (Å²) in [7, 11) is -3.70. The normalized spacial score (nSPS) is 11.1. The van der Waals surface area contributed by atoms with E-state index in [0.29, 0.717) is 22.6 Å². The molecule has 7 heteroatoms. The lowest BCUT2D eigenvalue weighted by atomic mass is 10.1. The molecule has 144 valence electrons. The number of sulfonamides is 1. The Hall–Kier alpha value is -3.19. The van der Waals surface area contributed by atoms with Gasteiger partial charge in [-0.2, -0.15) is 0 Å². The third-order valence-electron chi connectivity index (χ3n) is 4.19. The van der Waals surface area contributed by atoms with Crippen LogP contribution < -0.4 is 10.0 Å². The molecule has 2 N–H and O–H groups in total. The summed E-state index contributed by atoms with van der Waals surface area (Å²) < 4.78 is 27.9. The Morgan fingerprint density at radius 3 is 2.43 bits per heavy atom. The summed E-state index contributed by atoms with van der Waals surface area (Å²) in [6.07, 6.45) is 1.44. The second-order valence-corrected chi connectivity index (χ2v) is 8.22. The second kappa shape index (κ2) is 7.82. The Bertz CT molecular complexity index is 1120. The van der Waals surface area contributed by atoms with Gasteiger partial charge in [0.25, 0.3) is 10.0 Å². The third-order valence-corrected chi connectivity index (χ3v) is 5.71. The molecule has 0 saturated carbocycles. The van der Waals surface area contributed by atoms with E-state index < -0.39 is 10.0 Å². The molecule has 2 aromatic carbocycles. The smallest absolute Gasteiger partial charge is 0.262 e. The molecule has 0 aliphatic rings. The summed E-state index contributed by atoms with van der Waals surface area (Å²) in [6.45, 7) is 5.12. The van der Waals surface area contributed by atoms with E-state index in [1.165, 1.54) is 13.1 Å². The molecule has 0 radical (unpaired) electrons. The fourth-order valence-corrected chi connectivity index (χ4v) is 4.07. The molecule has 0 aliphatic carbocycles. The number of anilines is 3. The Balaban J connectivity index is 1.76. The molecular weight excluding hydrogens is 374 g/mol. The first-order chi connectivity index (χ1) is 13.2. The van der Waals surface area contributed by atoms with Crippen LogP contribution in [0, 0.1) is 13.8 Å². The fourth-order valence-electron chi connectivity index (χ4n) is 2.70. The number of aromatic nitrogens is 1. The van der Waals surface area contributed by atoms with E-state index in [2.05, 4.69) is 15.0 Å². The average molecular weight is 395 g/mol. The van der Waals surface area contributed by atoms with Crippen molar-refractivity contribution in [2.24, 2.45) is 0 Å². The van der Waals surface area contributed by atoms with Gasteiger partial charge < -0.3 is 5.32 Å². The van der Waals surface area contributed by atoms with Crippen LogP contribution in [0.1, 0.15) is 28.4 Å². The van der Waals surface area contributed by atoms with E-state index in [0.717, 1.165) is 11.3 Å². The molecule has 0 fully saturated rings. The highest BCUT2D eigenvalue weighted by Gasteiger charge is 2.17. The molecule has 0 spiro atoms. The van der Waals surface area contributed by atoms with E-state index in [1.54, 1.807) is 49.4 Å². The Kier molecular flexibility index (Phi) is 5.46. The molecule has 28 heavy (non-hydrogen) atoms. The molecular formula is C21H21N3O3S. The maximum atomic E-state index is 12.7. The van der Waals surface area contributed by atoms with Crippen LogP contribution in [-0.2, 0) is 10.0 Å². The van der Waals surface area contributed by atoms with Crippen molar-refractivity contribution in [3.8, 4) is 0 Å². The molecule has 3 rings (SSSR count). The average Bonchev–Trinajstić information content (AvgIpc) is 2.65. The lowest BCUT2D eigenvalue weighted by molar-refractivity contribution is 0.101. The Morgan fingerprint density at radius 2 is 1.75 bits per heavy atom. The molecule has 0 amide bonds. The standard InChI is InChI=1S/C21H21N3O3S/c1-14-7-8-15(2)20(11-14)28(26,27)24-19-9-10-21(22-13-19)23-18-6-4-5-17(12-18)16(3)25/h4-13,24H,1-3H3,(H,22,23). The van der Waals surface area contributed by atoms with Crippen LogP contribution >= 0.6 is 0 Å². The summed E-state index contributed by atoms with van der Waals surface area (Å²) in [5, 5.41) is 3.10. The third kappa shape index (κ3) is 4.55. The molecule has 3 aromatic rings. The van der Waals surface area contributed by atoms with Crippen molar-refractivity contribution in [3.63, 3.8) is 0 Å². The van der Waals surface area contributed by atoms with E-state index in [4.69, 9.17) is 0 Å². The SMILES string of the molecule is CC(=O)c1cccc(Nc2ccc(NS(=O)(=O)c3cc(C)ccc3C)cn2)c1. The van der Waals surface area contributed by atoms with Crippen LogP contribution in [0.15, 0.2) is 65.7 Å². The number of carbonyl (C=O) groups is 1. The van der Waals surface area contributed by atoms with Crippen molar-refractivity contribution in [3.05, 3.63) is 77.5 Å². The van der Waals surface area contributed by atoms with Crippen LogP contribution in [0.5, 0.6) is 0 Å². The monoisotopic (exact) mass is 395 g/mol. The zero-order valence-corrected chi connectivity index (χ0v) is 16.7. The first-order valence-corrected chi connectivity index (χ1v) is 10.2. The van der Waals surface area contributed by atoms with Gasteiger partial charge in [-0.1, -0.05) is 24.3 Å². The lowest BCUT2D eigenvalue weighted by Crippen LogP contribution is -2.14. The van der Waals surface area contributed by atoms with Gasteiger partial charge in [0.05, 0.1) is 16.8 Å². The summed E-state index contributed by atoms with van der Waals surface area (Å²) in [5.74, 6) is 0.517. The summed E-state index contributed by atoms with van der Waals surface area (Å²) >= 11 is 0. The molecule has 0 atom stereocenters. The highest BCUT2D eigenvalue weighted by molar-refractivity contribution is 7.92. The topological polar surface area (TPSA) is 88.2 Å². The number of hydrogen-bond donors (Lipinski definition) is 2. The molecule has 6 nitrogen and oxygen atoms in total. The van der Waals surface area contributed by atoms with Crippen LogP contribution in [0.4, 0.5) is 17.2 Å².